The van der Waals surface area contributed by atoms with E-state index in [1.54, 1.807) is 24.0 Å². The average Bonchev–Trinajstić information content (AvgIpc) is 2.10. The Bertz CT molecular complexity index is 307. The number of nitrogens with one attached hydrogen (secondary N) is 1. The topological polar surface area (TPSA) is 24.9 Å². The Morgan fingerprint density at radius 3 is 2.86 bits per heavy atom. The van der Waals surface area contributed by atoms with Crippen LogP contribution in [0.2, 0.25) is 10.0 Å². The molecule has 1 rings (SSSR count). The number of hydrogen-bond acceptors (Lipinski definition) is 3. The molecule has 0 amide bonds. The van der Waals surface area contributed by atoms with Crippen LogP contribution in [-0.2, 0) is 0 Å². The SMILES string of the molecule is CSCC(C)Nc1ncc(Cl)cc1Cl. The van der Waals surface area contributed by atoms with Gasteiger partial charge in [-0.3, -0.25) is 0 Å². The molecule has 14 heavy (non-hydrogen) atoms. The lowest BCUT2D eigenvalue weighted by Gasteiger charge is -2.13. The van der Waals surface area contributed by atoms with E-state index in [1.165, 1.54) is 0 Å². The minimum Gasteiger partial charge on any atom is -0.366 e. The second kappa shape index (κ2) is 5.69. The second-order valence-electron chi connectivity index (χ2n) is 2.98. The third kappa shape index (κ3) is 3.56. The Hall–Kier alpha value is -0.120. The summed E-state index contributed by atoms with van der Waals surface area (Å²) >= 11 is 13.5. The largest absolute Gasteiger partial charge is 0.366 e. The van der Waals surface area contributed by atoms with Crippen LogP contribution in [-0.4, -0.2) is 23.0 Å². The van der Waals surface area contributed by atoms with Gasteiger partial charge in [0.25, 0.3) is 0 Å². The Morgan fingerprint density at radius 1 is 1.57 bits per heavy atom. The van der Waals surface area contributed by atoms with Crippen molar-refractivity contribution in [3.8, 4) is 0 Å². The van der Waals surface area contributed by atoms with Gasteiger partial charge in [0, 0.05) is 18.0 Å². The molecule has 1 atom stereocenters. The van der Waals surface area contributed by atoms with Crippen molar-refractivity contribution in [3.63, 3.8) is 0 Å². The molecule has 78 valence electrons. The molecule has 1 aromatic heterocycles. The van der Waals surface area contributed by atoms with Gasteiger partial charge in [0.15, 0.2) is 0 Å². The summed E-state index contributed by atoms with van der Waals surface area (Å²) in [5.74, 6) is 1.71. The predicted molar refractivity (Wildman–Crippen MR) is 65.7 cm³/mol. The van der Waals surface area contributed by atoms with Gasteiger partial charge in [0.1, 0.15) is 5.82 Å². The lowest BCUT2D eigenvalue weighted by atomic mass is 10.3. The Balaban J connectivity index is 2.67. The average molecular weight is 251 g/mol. The van der Waals surface area contributed by atoms with E-state index in [1.807, 2.05) is 0 Å². The van der Waals surface area contributed by atoms with E-state index in [0.717, 1.165) is 5.75 Å². The lowest BCUT2D eigenvalue weighted by molar-refractivity contribution is 0.903. The first-order chi connectivity index (χ1) is 6.63. The van der Waals surface area contributed by atoms with Gasteiger partial charge in [0.2, 0.25) is 0 Å². The second-order valence-corrected chi connectivity index (χ2v) is 4.74. The molecular formula is C9H12Cl2N2S. The molecule has 0 radical (unpaired) electrons. The number of anilines is 1. The van der Waals surface area contributed by atoms with E-state index in [2.05, 4.69) is 23.5 Å². The first-order valence-electron chi connectivity index (χ1n) is 4.20. The fourth-order valence-corrected chi connectivity index (χ4v) is 2.06. The van der Waals surface area contributed by atoms with Crippen molar-refractivity contribution in [2.24, 2.45) is 0 Å². The van der Waals surface area contributed by atoms with Crippen molar-refractivity contribution in [1.29, 1.82) is 0 Å². The molecule has 0 aromatic carbocycles. The zero-order valence-corrected chi connectivity index (χ0v) is 10.4. The van der Waals surface area contributed by atoms with E-state index in [0.29, 0.717) is 21.9 Å². The quantitative estimate of drug-likeness (QED) is 0.885. The van der Waals surface area contributed by atoms with Crippen molar-refractivity contribution in [2.45, 2.75) is 13.0 Å². The molecule has 2 nitrogen and oxygen atoms in total. The van der Waals surface area contributed by atoms with Gasteiger partial charge in [-0.05, 0) is 19.2 Å². The maximum Gasteiger partial charge on any atom is 0.145 e. The summed E-state index contributed by atoms with van der Waals surface area (Å²) in [6.45, 7) is 2.09. The van der Waals surface area contributed by atoms with Gasteiger partial charge in [0.05, 0.1) is 10.0 Å². The van der Waals surface area contributed by atoms with E-state index in [4.69, 9.17) is 23.2 Å². The summed E-state index contributed by atoms with van der Waals surface area (Å²) in [6, 6.07) is 2.03. The number of nitrogens with zero attached hydrogens (tertiary/aromatic N) is 1. The summed E-state index contributed by atoms with van der Waals surface area (Å²) in [4.78, 5) is 4.12. The van der Waals surface area contributed by atoms with Gasteiger partial charge in [-0.15, -0.1) is 0 Å². The molecule has 0 bridgehead atoms. The maximum atomic E-state index is 5.96. The minimum atomic E-state index is 0.344. The zero-order chi connectivity index (χ0) is 10.6. The van der Waals surface area contributed by atoms with Crippen molar-refractivity contribution in [3.05, 3.63) is 22.3 Å². The first kappa shape index (κ1) is 12.0. The Kier molecular flexibility index (Phi) is 4.85. The van der Waals surface area contributed by atoms with Crippen LogP contribution in [0.3, 0.4) is 0 Å². The van der Waals surface area contributed by atoms with Crippen molar-refractivity contribution in [2.75, 3.05) is 17.3 Å². The molecule has 1 N–H and O–H groups in total. The summed E-state index contributed by atoms with van der Waals surface area (Å²) in [6.07, 6.45) is 3.65. The molecule has 1 aromatic rings. The molecule has 0 saturated carbocycles. The van der Waals surface area contributed by atoms with Crippen LogP contribution in [0.15, 0.2) is 12.3 Å². The van der Waals surface area contributed by atoms with Crippen LogP contribution >= 0.6 is 35.0 Å². The van der Waals surface area contributed by atoms with Gasteiger partial charge < -0.3 is 5.32 Å². The summed E-state index contributed by atoms with van der Waals surface area (Å²) < 4.78 is 0. The van der Waals surface area contributed by atoms with E-state index in [9.17, 15) is 0 Å². The third-order valence-electron chi connectivity index (χ3n) is 1.61. The molecule has 0 spiro atoms. The van der Waals surface area contributed by atoms with Crippen molar-refractivity contribution in [1.82, 2.24) is 4.98 Å². The lowest BCUT2D eigenvalue weighted by Crippen LogP contribution is -2.18. The standard InChI is InChI=1S/C9H12Cl2N2S/c1-6(5-14-2)13-9-8(11)3-7(10)4-12-9/h3-4,6H,5H2,1-2H3,(H,12,13). The van der Waals surface area contributed by atoms with Crippen LogP contribution in [0.25, 0.3) is 0 Å². The highest BCUT2D eigenvalue weighted by molar-refractivity contribution is 7.98. The summed E-state index contributed by atoms with van der Waals surface area (Å²) in [7, 11) is 0. The molecule has 1 unspecified atom stereocenters. The van der Waals surface area contributed by atoms with E-state index in [-0.39, 0.29) is 0 Å². The van der Waals surface area contributed by atoms with E-state index < -0.39 is 0 Å². The molecule has 0 saturated heterocycles. The van der Waals surface area contributed by atoms with Crippen LogP contribution in [0.5, 0.6) is 0 Å². The summed E-state index contributed by atoms with van der Waals surface area (Å²) in [5, 5.41) is 4.33. The van der Waals surface area contributed by atoms with Gasteiger partial charge in [-0.1, -0.05) is 23.2 Å². The molecular weight excluding hydrogens is 239 g/mol. The number of halogens is 2. The molecule has 0 aliphatic carbocycles. The highest BCUT2D eigenvalue weighted by Crippen LogP contribution is 2.23. The van der Waals surface area contributed by atoms with Gasteiger partial charge >= 0.3 is 0 Å². The molecule has 0 aliphatic heterocycles. The van der Waals surface area contributed by atoms with Crippen molar-refractivity contribution < 1.29 is 0 Å². The fraction of sp³-hybridized carbons (Fsp3) is 0.444. The highest BCUT2D eigenvalue weighted by atomic mass is 35.5. The minimum absolute atomic E-state index is 0.344. The molecule has 1 heterocycles. The monoisotopic (exact) mass is 250 g/mol. The predicted octanol–water partition coefficient (Wildman–Crippen LogP) is 3.55. The van der Waals surface area contributed by atoms with Crippen molar-refractivity contribution >= 4 is 40.8 Å². The first-order valence-corrected chi connectivity index (χ1v) is 6.35. The van der Waals surface area contributed by atoms with Crippen LogP contribution in [0, 0.1) is 0 Å². The molecule has 0 aliphatic rings. The maximum absolute atomic E-state index is 5.96. The van der Waals surface area contributed by atoms with Crippen LogP contribution in [0.1, 0.15) is 6.92 Å². The Morgan fingerprint density at radius 2 is 2.29 bits per heavy atom. The molecule has 5 heteroatoms. The number of aromatic nitrogens is 1. The zero-order valence-electron chi connectivity index (χ0n) is 8.05. The highest BCUT2D eigenvalue weighted by Gasteiger charge is 2.06. The number of thioether (sulfide) groups is 1. The Labute approximate surface area is 98.4 Å². The number of rotatable bonds is 4. The third-order valence-corrected chi connectivity index (χ3v) is 2.94. The smallest absolute Gasteiger partial charge is 0.145 e. The number of hydrogen-bond donors (Lipinski definition) is 1. The van der Waals surface area contributed by atoms with Crippen LogP contribution in [0.4, 0.5) is 5.82 Å². The van der Waals surface area contributed by atoms with Gasteiger partial charge in [-0.25, -0.2) is 4.98 Å². The molecule has 0 fully saturated rings. The number of pyridine rings is 1. The van der Waals surface area contributed by atoms with Gasteiger partial charge in [-0.2, -0.15) is 11.8 Å². The fourth-order valence-electron chi connectivity index (χ4n) is 1.05. The van der Waals surface area contributed by atoms with Crippen LogP contribution < -0.4 is 5.32 Å². The summed E-state index contributed by atoms with van der Waals surface area (Å²) in [5.41, 5.74) is 0. The normalized spacial score (nSPS) is 12.6. The van der Waals surface area contributed by atoms with E-state index >= 15 is 0 Å².